The zero-order valence-corrected chi connectivity index (χ0v) is 5.06. The minimum atomic E-state index is 0.181. The minimum absolute atomic E-state index is 0.181. The lowest BCUT2D eigenvalue weighted by Gasteiger charge is -2.05. The maximum absolute atomic E-state index is 10.4. The summed E-state index contributed by atoms with van der Waals surface area (Å²) in [4.78, 5) is 12.0. The SMILES string of the molecule is CC[13C](=O)N(C)C. The van der Waals surface area contributed by atoms with Crippen molar-refractivity contribution in [3.8, 4) is 0 Å². The van der Waals surface area contributed by atoms with Crippen molar-refractivity contribution < 1.29 is 4.79 Å². The molecule has 2 nitrogen and oxygen atoms in total. The molecule has 0 aromatic heterocycles. The number of nitrogens with zero attached hydrogens (tertiary/aromatic N) is 1. The number of rotatable bonds is 1. The van der Waals surface area contributed by atoms with E-state index in [1.54, 1.807) is 19.0 Å². The maximum atomic E-state index is 10.4. The van der Waals surface area contributed by atoms with E-state index in [0.717, 1.165) is 0 Å². The van der Waals surface area contributed by atoms with Gasteiger partial charge in [0.2, 0.25) is 5.91 Å². The van der Waals surface area contributed by atoms with Gasteiger partial charge >= 0.3 is 0 Å². The van der Waals surface area contributed by atoms with Crippen LogP contribution in [0.2, 0.25) is 0 Å². The molecule has 0 fully saturated rings. The lowest BCUT2D eigenvalue weighted by atomic mass is 10.7. The van der Waals surface area contributed by atoms with Crippen LogP contribution in [0.5, 0.6) is 0 Å². The minimum Gasteiger partial charge on any atom is -0.349 e. The van der Waals surface area contributed by atoms with Gasteiger partial charge in [-0.05, 0) is 0 Å². The molecule has 0 unspecified atom stereocenters. The van der Waals surface area contributed by atoms with Crippen molar-refractivity contribution in [2.75, 3.05) is 14.1 Å². The van der Waals surface area contributed by atoms with Crippen LogP contribution in [0.4, 0.5) is 0 Å². The summed E-state index contributed by atoms with van der Waals surface area (Å²) in [7, 11) is 3.51. The van der Waals surface area contributed by atoms with Crippen LogP contribution in [0, 0.1) is 0 Å². The molecular formula is C5H11NO. The summed E-state index contributed by atoms with van der Waals surface area (Å²) in [6.07, 6.45) is 0.604. The van der Waals surface area contributed by atoms with E-state index in [9.17, 15) is 4.79 Å². The van der Waals surface area contributed by atoms with Crippen LogP contribution in [0.3, 0.4) is 0 Å². The highest BCUT2D eigenvalue weighted by molar-refractivity contribution is 5.75. The van der Waals surface area contributed by atoms with Crippen LogP contribution >= 0.6 is 0 Å². The van der Waals surface area contributed by atoms with Crippen LogP contribution < -0.4 is 0 Å². The van der Waals surface area contributed by atoms with Crippen LogP contribution in [0.1, 0.15) is 13.3 Å². The summed E-state index contributed by atoms with van der Waals surface area (Å²) in [6, 6.07) is 0. The molecule has 1 amide bonds. The van der Waals surface area contributed by atoms with E-state index >= 15 is 0 Å². The maximum Gasteiger partial charge on any atom is 0.221 e. The van der Waals surface area contributed by atoms with Gasteiger partial charge in [0.05, 0.1) is 0 Å². The second-order valence-corrected chi connectivity index (χ2v) is 1.64. The molecule has 0 aromatic rings. The molecule has 0 rings (SSSR count). The molecule has 0 atom stereocenters. The summed E-state index contributed by atoms with van der Waals surface area (Å²) < 4.78 is 0. The van der Waals surface area contributed by atoms with Gasteiger partial charge in [0, 0.05) is 20.5 Å². The number of carbonyl (C=O) groups excluding carboxylic acids is 1. The zero-order chi connectivity index (χ0) is 5.86. The topological polar surface area (TPSA) is 20.3 Å². The van der Waals surface area contributed by atoms with Gasteiger partial charge in [0.25, 0.3) is 0 Å². The first-order valence-electron chi connectivity index (χ1n) is 2.38. The molecule has 0 saturated heterocycles. The Morgan fingerprint density at radius 2 is 2.00 bits per heavy atom. The molecule has 42 valence electrons. The Kier molecular flexibility index (Phi) is 2.41. The molecule has 0 bridgehead atoms. The van der Waals surface area contributed by atoms with E-state index in [1.165, 1.54) is 0 Å². The van der Waals surface area contributed by atoms with E-state index in [-0.39, 0.29) is 5.91 Å². The quantitative estimate of drug-likeness (QED) is 0.441. The zero-order valence-electron chi connectivity index (χ0n) is 5.06. The fourth-order valence-electron chi connectivity index (χ4n) is 0.316. The number of hydrogen-bond donors (Lipinski definition) is 0. The van der Waals surface area contributed by atoms with E-state index < -0.39 is 0 Å². The first-order chi connectivity index (χ1) is 3.18. The normalized spacial score (nSPS) is 8.43. The van der Waals surface area contributed by atoms with E-state index in [0.29, 0.717) is 6.42 Å². The Hall–Kier alpha value is -0.530. The summed E-state index contributed by atoms with van der Waals surface area (Å²) in [5.41, 5.74) is 0. The molecule has 0 radical (unpaired) electrons. The van der Waals surface area contributed by atoms with Crippen molar-refractivity contribution in [1.82, 2.24) is 4.90 Å². The standard InChI is InChI=1S/C5H11NO/c1-4-5(7)6(2)3/h4H2,1-3H3/i5+1. The van der Waals surface area contributed by atoms with Crippen molar-refractivity contribution in [1.29, 1.82) is 0 Å². The molecule has 2 heteroatoms. The Labute approximate surface area is 44.1 Å². The predicted octanol–water partition coefficient (Wildman–Crippen LogP) is 0.485. The molecule has 0 heterocycles. The fourth-order valence-corrected chi connectivity index (χ4v) is 0.316. The molecule has 0 N–H and O–H groups in total. The number of amides is 1. The molecular weight excluding hydrogens is 91.1 g/mol. The van der Waals surface area contributed by atoms with Gasteiger partial charge < -0.3 is 4.90 Å². The van der Waals surface area contributed by atoms with Crippen molar-refractivity contribution >= 4 is 5.91 Å². The fraction of sp³-hybridized carbons (Fsp3) is 0.800. The van der Waals surface area contributed by atoms with Crippen molar-refractivity contribution in [3.63, 3.8) is 0 Å². The van der Waals surface area contributed by atoms with E-state index in [1.807, 2.05) is 6.92 Å². The Morgan fingerprint density at radius 3 is 2.00 bits per heavy atom. The lowest BCUT2D eigenvalue weighted by Crippen LogP contribution is -2.19. The third kappa shape index (κ3) is 2.20. The first kappa shape index (κ1) is 6.47. The van der Waals surface area contributed by atoms with Gasteiger partial charge in [-0.3, -0.25) is 4.79 Å². The second kappa shape index (κ2) is 2.61. The van der Waals surface area contributed by atoms with Gasteiger partial charge in [-0.15, -0.1) is 0 Å². The highest BCUT2D eigenvalue weighted by atomic mass is 16.2. The van der Waals surface area contributed by atoms with Gasteiger partial charge in [-0.25, -0.2) is 0 Å². The summed E-state index contributed by atoms with van der Waals surface area (Å²) in [5.74, 6) is 0.181. The molecule has 0 aromatic carbocycles. The lowest BCUT2D eigenvalue weighted by molar-refractivity contribution is -0.128. The summed E-state index contributed by atoms with van der Waals surface area (Å²) in [6.45, 7) is 1.85. The predicted molar refractivity (Wildman–Crippen MR) is 29.0 cm³/mol. The van der Waals surface area contributed by atoms with Crippen LogP contribution in [0.15, 0.2) is 0 Å². The largest absolute Gasteiger partial charge is 0.349 e. The third-order valence-electron chi connectivity index (χ3n) is 0.801. The van der Waals surface area contributed by atoms with Crippen LogP contribution in [-0.4, -0.2) is 24.9 Å². The Balaban J connectivity index is 3.35. The van der Waals surface area contributed by atoms with E-state index in [2.05, 4.69) is 0 Å². The molecule has 7 heavy (non-hydrogen) atoms. The average Bonchev–Trinajstić information content (AvgIpc) is 1.65. The second-order valence-electron chi connectivity index (χ2n) is 1.64. The average molecular weight is 102 g/mol. The van der Waals surface area contributed by atoms with Crippen LogP contribution in [-0.2, 0) is 4.79 Å². The summed E-state index contributed by atoms with van der Waals surface area (Å²) in [5, 5.41) is 0. The first-order valence-corrected chi connectivity index (χ1v) is 2.38. The summed E-state index contributed by atoms with van der Waals surface area (Å²) >= 11 is 0. The van der Waals surface area contributed by atoms with Gasteiger partial charge in [-0.1, -0.05) is 6.92 Å². The van der Waals surface area contributed by atoms with Crippen molar-refractivity contribution in [3.05, 3.63) is 0 Å². The monoisotopic (exact) mass is 102 g/mol. The van der Waals surface area contributed by atoms with Crippen molar-refractivity contribution in [2.24, 2.45) is 0 Å². The highest BCUT2D eigenvalue weighted by Gasteiger charge is 1.95. The van der Waals surface area contributed by atoms with Crippen molar-refractivity contribution in [2.45, 2.75) is 13.3 Å². The van der Waals surface area contributed by atoms with Gasteiger partial charge in [-0.2, -0.15) is 0 Å². The highest BCUT2D eigenvalue weighted by Crippen LogP contribution is 1.81. The Bertz CT molecular complexity index is 68.5. The van der Waals surface area contributed by atoms with Crippen LogP contribution in [0.25, 0.3) is 0 Å². The molecule has 0 aliphatic carbocycles. The van der Waals surface area contributed by atoms with Gasteiger partial charge in [0.1, 0.15) is 0 Å². The third-order valence-corrected chi connectivity index (χ3v) is 0.801. The molecule has 0 saturated carbocycles. The number of hydrogen-bond acceptors (Lipinski definition) is 1. The Morgan fingerprint density at radius 1 is 1.57 bits per heavy atom. The van der Waals surface area contributed by atoms with E-state index in [4.69, 9.17) is 0 Å². The smallest absolute Gasteiger partial charge is 0.221 e. The number of carbonyl (C=O) groups is 1. The van der Waals surface area contributed by atoms with Gasteiger partial charge in [0.15, 0.2) is 0 Å². The molecule has 0 aliphatic heterocycles. The molecule has 0 spiro atoms. The molecule has 0 aliphatic rings.